The van der Waals surface area contributed by atoms with Crippen LogP contribution in [0, 0.1) is 5.41 Å². The highest BCUT2D eigenvalue weighted by atomic mass is 16.6. The maximum Gasteiger partial charge on any atom is 0.323 e. The molecule has 0 aliphatic rings. The standard InChI is InChI=1S/C19H29NO6/c1-11(25-17(23)10-19(3,4)5)12(2)26-18(24)14(20)8-13-6-7-15(21)16(22)9-13/h6-7,9,11-12,14,21-22H,8,10,20H2,1-5H3/t11-,12+,14-/m0/s1. The van der Waals surface area contributed by atoms with E-state index in [2.05, 4.69) is 0 Å². The number of ether oxygens (including phenoxy) is 2. The van der Waals surface area contributed by atoms with E-state index in [-0.39, 0.29) is 35.7 Å². The summed E-state index contributed by atoms with van der Waals surface area (Å²) in [5, 5.41) is 18.8. The van der Waals surface area contributed by atoms with Gasteiger partial charge in [-0.3, -0.25) is 9.59 Å². The normalized spacial score (nSPS) is 15.0. The molecule has 0 aliphatic carbocycles. The first kappa shape index (κ1) is 21.8. The number of phenolic OH excluding ortho intramolecular Hbond substituents is 2. The lowest BCUT2D eigenvalue weighted by molar-refractivity contribution is -0.167. The fraction of sp³-hybridized carbons (Fsp3) is 0.579. The van der Waals surface area contributed by atoms with Crippen LogP contribution >= 0.6 is 0 Å². The lowest BCUT2D eigenvalue weighted by Crippen LogP contribution is -2.39. The quantitative estimate of drug-likeness (QED) is 0.499. The van der Waals surface area contributed by atoms with Crippen LogP contribution in [0.3, 0.4) is 0 Å². The van der Waals surface area contributed by atoms with E-state index >= 15 is 0 Å². The minimum atomic E-state index is -0.945. The van der Waals surface area contributed by atoms with Gasteiger partial charge in [0.15, 0.2) is 11.5 Å². The first-order valence-corrected chi connectivity index (χ1v) is 8.55. The highest BCUT2D eigenvalue weighted by Crippen LogP contribution is 2.25. The molecule has 26 heavy (non-hydrogen) atoms. The molecule has 7 nitrogen and oxygen atoms in total. The number of benzene rings is 1. The largest absolute Gasteiger partial charge is 0.504 e. The molecule has 0 amide bonds. The molecule has 1 aromatic carbocycles. The van der Waals surface area contributed by atoms with Crippen LogP contribution in [0.4, 0.5) is 0 Å². The van der Waals surface area contributed by atoms with Crippen molar-refractivity contribution < 1.29 is 29.3 Å². The third-order valence-electron chi connectivity index (χ3n) is 3.75. The van der Waals surface area contributed by atoms with Gasteiger partial charge in [-0.15, -0.1) is 0 Å². The number of aromatic hydroxyl groups is 2. The van der Waals surface area contributed by atoms with Crippen LogP contribution in [0.2, 0.25) is 0 Å². The first-order valence-electron chi connectivity index (χ1n) is 8.55. The third-order valence-corrected chi connectivity index (χ3v) is 3.75. The minimum absolute atomic E-state index is 0.136. The summed E-state index contributed by atoms with van der Waals surface area (Å²) >= 11 is 0. The molecule has 0 fully saturated rings. The highest BCUT2D eigenvalue weighted by Gasteiger charge is 2.26. The fourth-order valence-corrected chi connectivity index (χ4v) is 2.18. The van der Waals surface area contributed by atoms with E-state index in [4.69, 9.17) is 15.2 Å². The van der Waals surface area contributed by atoms with Gasteiger partial charge < -0.3 is 25.4 Å². The predicted octanol–water partition coefficient (Wildman–Crippen LogP) is 2.27. The Morgan fingerprint density at radius 3 is 2.19 bits per heavy atom. The average Bonchev–Trinajstić information content (AvgIpc) is 2.48. The van der Waals surface area contributed by atoms with Crippen molar-refractivity contribution in [2.45, 2.75) is 65.7 Å². The summed E-state index contributed by atoms with van der Waals surface area (Å²) < 4.78 is 10.6. The molecule has 0 saturated heterocycles. The second-order valence-electron chi connectivity index (χ2n) is 7.71. The summed E-state index contributed by atoms with van der Waals surface area (Å²) in [5.41, 5.74) is 6.24. The van der Waals surface area contributed by atoms with Crippen LogP contribution < -0.4 is 5.73 Å². The average molecular weight is 367 g/mol. The van der Waals surface area contributed by atoms with Crippen molar-refractivity contribution in [3.8, 4) is 11.5 Å². The van der Waals surface area contributed by atoms with E-state index in [1.807, 2.05) is 20.8 Å². The Morgan fingerprint density at radius 1 is 1.08 bits per heavy atom. The van der Waals surface area contributed by atoms with E-state index < -0.39 is 24.2 Å². The molecule has 0 bridgehead atoms. The van der Waals surface area contributed by atoms with E-state index in [1.165, 1.54) is 12.1 Å². The number of esters is 2. The molecule has 0 unspecified atom stereocenters. The van der Waals surface area contributed by atoms with Crippen molar-refractivity contribution >= 4 is 11.9 Å². The van der Waals surface area contributed by atoms with Crippen LogP contribution in [0.1, 0.15) is 46.6 Å². The molecule has 0 aromatic heterocycles. The van der Waals surface area contributed by atoms with Gasteiger partial charge in [-0.25, -0.2) is 0 Å². The van der Waals surface area contributed by atoms with Crippen molar-refractivity contribution in [3.05, 3.63) is 23.8 Å². The topological polar surface area (TPSA) is 119 Å². The summed E-state index contributed by atoms with van der Waals surface area (Å²) in [6.45, 7) is 9.08. The second kappa shape index (κ2) is 8.89. The molecule has 0 saturated carbocycles. The van der Waals surface area contributed by atoms with E-state index in [0.717, 1.165) is 0 Å². The number of rotatable bonds is 7. The Kier molecular flexibility index (Phi) is 7.44. The number of phenols is 2. The maximum absolute atomic E-state index is 12.1. The van der Waals surface area contributed by atoms with Gasteiger partial charge in [-0.2, -0.15) is 0 Å². The van der Waals surface area contributed by atoms with Crippen LogP contribution in [-0.2, 0) is 25.5 Å². The Labute approximate surface area is 154 Å². The fourth-order valence-electron chi connectivity index (χ4n) is 2.18. The Hall–Kier alpha value is -2.28. The van der Waals surface area contributed by atoms with Gasteiger partial charge in [0.05, 0.1) is 6.42 Å². The number of hydrogen-bond donors (Lipinski definition) is 3. The van der Waals surface area contributed by atoms with Crippen molar-refractivity contribution in [2.75, 3.05) is 0 Å². The molecule has 146 valence electrons. The van der Waals surface area contributed by atoms with Crippen LogP contribution in [0.5, 0.6) is 11.5 Å². The molecule has 3 atom stereocenters. The van der Waals surface area contributed by atoms with Gasteiger partial charge in [-0.1, -0.05) is 26.8 Å². The Bertz CT molecular complexity index is 637. The van der Waals surface area contributed by atoms with Gasteiger partial charge in [0.1, 0.15) is 18.2 Å². The lowest BCUT2D eigenvalue weighted by atomic mass is 9.92. The van der Waals surface area contributed by atoms with Gasteiger partial charge >= 0.3 is 11.9 Å². The summed E-state index contributed by atoms with van der Waals surface area (Å²) in [6, 6.07) is 3.27. The zero-order valence-electron chi connectivity index (χ0n) is 16.0. The predicted molar refractivity (Wildman–Crippen MR) is 96.6 cm³/mol. The first-order chi connectivity index (χ1) is 11.9. The van der Waals surface area contributed by atoms with Crippen LogP contribution in [0.15, 0.2) is 18.2 Å². The van der Waals surface area contributed by atoms with Gasteiger partial charge in [0.2, 0.25) is 0 Å². The van der Waals surface area contributed by atoms with Crippen molar-refractivity contribution in [1.29, 1.82) is 0 Å². The molecule has 4 N–H and O–H groups in total. The van der Waals surface area contributed by atoms with E-state index in [9.17, 15) is 19.8 Å². The minimum Gasteiger partial charge on any atom is -0.504 e. The number of carbonyl (C=O) groups excluding carboxylic acids is 2. The molecular formula is C19H29NO6. The van der Waals surface area contributed by atoms with E-state index in [1.54, 1.807) is 19.9 Å². The zero-order valence-corrected chi connectivity index (χ0v) is 16.0. The number of hydrogen-bond acceptors (Lipinski definition) is 7. The number of nitrogens with two attached hydrogens (primary N) is 1. The molecule has 1 aromatic rings. The molecule has 0 spiro atoms. The Morgan fingerprint density at radius 2 is 1.65 bits per heavy atom. The Balaban J connectivity index is 2.54. The van der Waals surface area contributed by atoms with Crippen LogP contribution in [-0.4, -0.2) is 40.4 Å². The second-order valence-corrected chi connectivity index (χ2v) is 7.71. The molecule has 0 radical (unpaired) electrons. The van der Waals surface area contributed by atoms with Crippen molar-refractivity contribution in [2.24, 2.45) is 11.1 Å². The summed E-state index contributed by atoms with van der Waals surface area (Å²) in [6.07, 6.45) is -0.844. The highest BCUT2D eigenvalue weighted by molar-refractivity contribution is 5.76. The zero-order chi connectivity index (χ0) is 20.1. The molecule has 0 heterocycles. The molecule has 7 heteroatoms. The SMILES string of the molecule is C[C@H](OC(=O)CC(C)(C)C)[C@@H](C)OC(=O)[C@@H](N)Cc1ccc(O)c(O)c1. The molecular weight excluding hydrogens is 338 g/mol. The van der Waals surface area contributed by atoms with E-state index in [0.29, 0.717) is 5.56 Å². The monoisotopic (exact) mass is 367 g/mol. The van der Waals surface area contributed by atoms with Gasteiger partial charge in [-0.05, 0) is 43.4 Å². The number of carbonyl (C=O) groups is 2. The third kappa shape index (κ3) is 7.31. The smallest absolute Gasteiger partial charge is 0.323 e. The summed E-state index contributed by atoms with van der Waals surface area (Å²) in [4.78, 5) is 24.0. The van der Waals surface area contributed by atoms with Crippen molar-refractivity contribution in [1.82, 2.24) is 0 Å². The van der Waals surface area contributed by atoms with Crippen molar-refractivity contribution in [3.63, 3.8) is 0 Å². The lowest BCUT2D eigenvalue weighted by Gasteiger charge is -2.24. The van der Waals surface area contributed by atoms with Gasteiger partial charge in [0, 0.05) is 0 Å². The van der Waals surface area contributed by atoms with Gasteiger partial charge in [0.25, 0.3) is 0 Å². The summed E-state index contributed by atoms with van der Waals surface area (Å²) in [5.74, 6) is -1.51. The molecule has 1 rings (SSSR count). The van der Waals surface area contributed by atoms with Crippen LogP contribution in [0.25, 0.3) is 0 Å². The molecule has 0 aliphatic heterocycles. The maximum atomic E-state index is 12.1. The summed E-state index contributed by atoms with van der Waals surface area (Å²) in [7, 11) is 0.